The fourth-order valence-electron chi connectivity index (χ4n) is 4.36. The predicted molar refractivity (Wildman–Crippen MR) is 82.0 cm³/mol. The van der Waals surface area contributed by atoms with Crippen LogP contribution in [0.5, 0.6) is 0 Å². The van der Waals surface area contributed by atoms with Crippen molar-refractivity contribution in [2.45, 2.75) is 62.8 Å². The number of benzene rings is 1. The highest BCUT2D eigenvalue weighted by molar-refractivity contribution is 5.26. The van der Waals surface area contributed by atoms with Crippen LogP contribution in [-0.4, -0.2) is 24.1 Å². The van der Waals surface area contributed by atoms with Crippen LogP contribution in [0.1, 0.15) is 49.7 Å². The molecular weight excluding hydrogens is 296 g/mol. The van der Waals surface area contributed by atoms with E-state index in [1.54, 1.807) is 7.11 Å². The van der Waals surface area contributed by atoms with Crippen molar-refractivity contribution in [3.05, 3.63) is 35.4 Å². The second-order valence-electron chi connectivity index (χ2n) is 6.90. The average molecular weight is 320 g/mol. The molecule has 1 N–H and O–H groups in total. The lowest BCUT2D eigenvalue weighted by atomic mass is 9.73. The van der Waals surface area contributed by atoms with Crippen LogP contribution < -0.4 is 0 Å². The molecule has 3 heterocycles. The van der Waals surface area contributed by atoms with Gasteiger partial charge in [-0.1, -0.05) is 37.1 Å². The number of methoxy groups -OCH3 is 1. The van der Waals surface area contributed by atoms with Gasteiger partial charge in [-0.15, -0.1) is 0 Å². The number of ether oxygens (including phenoxy) is 2. The van der Waals surface area contributed by atoms with Gasteiger partial charge in [-0.3, -0.25) is 0 Å². The van der Waals surface area contributed by atoms with Crippen molar-refractivity contribution in [3.8, 4) is 0 Å². The first-order chi connectivity index (χ1) is 11.2. The van der Waals surface area contributed by atoms with Crippen molar-refractivity contribution < 1.29 is 24.4 Å². The molecule has 4 atom stereocenters. The van der Waals surface area contributed by atoms with Gasteiger partial charge >= 0.3 is 0 Å². The van der Waals surface area contributed by atoms with E-state index >= 15 is 0 Å². The fraction of sp³-hybridized carbons (Fsp3) is 0.667. The number of hydrogen-bond acceptors (Lipinski definition) is 5. The Labute approximate surface area is 136 Å². The molecule has 1 saturated carbocycles. The number of aliphatic hydroxyl groups excluding tert-OH is 1. The van der Waals surface area contributed by atoms with Crippen molar-refractivity contribution in [3.63, 3.8) is 0 Å². The number of fused-ring (bicyclic) bond motifs is 3. The minimum atomic E-state index is -0.919. The zero-order chi connectivity index (χ0) is 15.9. The van der Waals surface area contributed by atoms with Crippen LogP contribution in [-0.2, 0) is 31.6 Å². The van der Waals surface area contributed by atoms with Gasteiger partial charge in [0.05, 0.1) is 6.61 Å². The Morgan fingerprint density at radius 3 is 2.70 bits per heavy atom. The summed E-state index contributed by atoms with van der Waals surface area (Å²) in [7, 11) is 1.68. The third-order valence-electron chi connectivity index (χ3n) is 5.70. The SMILES string of the molecule is CO[C@@H]1O[C@]2(c3ccc(CO)cc3)CCC3CCCC[C@]31OO2. The molecule has 3 saturated heterocycles. The molecule has 1 unspecified atom stereocenters. The summed E-state index contributed by atoms with van der Waals surface area (Å²) in [4.78, 5) is 11.9. The lowest BCUT2D eigenvalue weighted by Crippen LogP contribution is -2.59. The topological polar surface area (TPSA) is 57.2 Å². The van der Waals surface area contributed by atoms with Crippen LogP contribution in [0, 0.1) is 5.92 Å². The van der Waals surface area contributed by atoms with Gasteiger partial charge in [0.15, 0.2) is 11.9 Å². The molecule has 5 rings (SSSR count). The third kappa shape index (κ3) is 2.34. The molecule has 5 nitrogen and oxygen atoms in total. The Kier molecular flexibility index (Phi) is 3.94. The molecule has 2 bridgehead atoms. The number of hydrogen-bond donors (Lipinski definition) is 1. The maximum Gasteiger partial charge on any atom is 0.230 e. The molecular formula is C18H24O5. The zero-order valence-electron chi connectivity index (χ0n) is 13.5. The van der Waals surface area contributed by atoms with Crippen LogP contribution in [0.4, 0.5) is 0 Å². The van der Waals surface area contributed by atoms with Gasteiger partial charge in [0.25, 0.3) is 0 Å². The molecule has 0 radical (unpaired) electrons. The Balaban J connectivity index is 1.70. The van der Waals surface area contributed by atoms with E-state index in [0.717, 1.165) is 43.2 Å². The minimum Gasteiger partial charge on any atom is -0.392 e. The van der Waals surface area contributed by atoms with Gasteiger partial charge in [-0.05, 0) is 30.7 Å². The third-order valence-corrected chi connectivity index (χ3v) is 5.70. The Bertz CT molecular complexity index is 555. The summed E-state index contributed by atoms with van der Waals surface area (Å²) in [6.45, 7) is 0.0252. The summed E-state index contributed by atoms with van der Waals surface area (Å²) in [5.41, 5.74) is 1.30. The van der Waals surface area contributed by atoms with E-state index in [0.29, 0.717) is 5.92 Å². The summed E-state index contributed by atoms with van der Waals surface area (Å²) in [6.07, 6.45) is 5.72. The normalized spacial score (nSPS) is 39.7. The molecule has 5 heteroatoms. The molecule has 1 aromatic carbocycles. The first-order valence-electron chi connectivity index (χ1n) is 8.50. The van der Waals surface area contributed by atoms with Gasteiger partial charge in [-0.25, -0.2) is 4.89 Å². The second kappa shape index (κ2) is 5.83. The van der Waals surface area contributed by atoms with Gasteiger partial charge in [0, 0.05) is 19.1 Å². The summed E-state index contributed by atoms with van der Waals surface area (Å²) in [5.74, 6) is -0.514. The van der Waals surface area contributed by atoms with Gasteiger partial charge < -0.3 is 14.6 Å². The number of aliphatic hydroxyl groups is 1. The standard InChI is InChI=1S/C18H24O5/c1-20-16-17-10-3-2-4-14(17)9-11-18(21-16,23-22-17)15-7-5-13(12-19)6-8-15/h5-8,14,16,19H,2-4,9-12H2,1H3/t14?,16-,17+,18-/m1/s1. The Hall–Kier alpha value is -0.980. The largest absolute Gasteiger partial charge is 0.392 e. The monoisotopic (exact) mass is 320 g/mol. The van der Waals surface area contributed by atoms with Crippen molar-refractivity contribution >= 4 is 0 Å². The maximum atomic E-state index is 9.23. The molecule has 1 aliphatic carbocycles. The van der Waals surface area contributed by atoms with Crippen LogP contribution in [0.3, 0.4) is 0 Å². The Morgan fingerprint density at radius 2 is 1.96 bits per heavy atom. The van der Waals surface area contributed by atoms with Crippen LogP contribution in [0.15, 0.2) is 24.3 Å². The molecule has 3 aliphatic heterocycles. The molecule has 0 amide bonds. The van der Waals surface area contributed by atoms with E-state index < -0.39 is 17.7 Å². The van der Waals surface area contributed by atoms with Crippen molar-refractivity contribution in [1.82, 2.24) is 0 Å². The second-order valence-corrected chi connectivity index (χ2v) is 6.90. The van der Waals surface area contributed by atoms with E-state index in [1.165, 1.54) is 6.42 Å². The van der Waals surface area contributed by atoms with E-state index in [9.17, 15) is 5.11 Å². The van der Waals surface area contributed by atoms with Crippen molar-refractivity contribution in [1.29, 1.82) is 0 Å². The molecule has 23 heavy (non-hydrogen) atoms. The van der Waals surface area contributed by atoms with Crippen LogP contribution in [0.25, 0.3) is 0 Å². The van der Waals surface area contributed by atoms with Crippen LogP contribution in [0.2, 0.25) is 0 Å². The molecule has 4 fully saturated rings. The molecule has 126 valence electrons. The van der Waals surface area contributed by atoms with Crippen molar-refractivity contribution in [2.75, 3.05) is 7.11 Å². The molecule has 1 aromatic rings. The van der Waals surface area contributed by atoms with Crippen LogP contribution >= 0.6 is 0 Å². The summed E-state index contributed by atoms with van der Waals surface area (Å²) in [5, 5.41) is 9.23. The van der Waals surface area contributed by atoms with Gasteiger partial charge in [0.1, 0.15) is 0 Å². The molecule has 4 aliphatic rings. The summed E-state index contributed by atoms with van der Waals surface area (Å²) >= 11 is 0. The van der Waals surface area contributed by atoms with E-state index in [-0.39, 0.29) is 6.61 Å². The highest BCUT2D eigenvalue weighted by atomic mass is 17.3. The lowest BCUT2D eigenvalue weighted by molar-refractivity contribution is -0.558. The average Bonchev–Trinajstić information content (AvgIpc) is 2.88. The zero-order valence-corrected chi connectivity index (χ0v) is 13.5. The van der Waals surface area contributed by atoms with Crippen molar-refractivity contribution in [2.24, 2.45) is 5.92 Å². The Morgan fingerprint density at radius 1 is 1.13 bits per heavy atom. The quantitative estimate of drug-likeness (QED) is 0.868. The molecule has 0 aromatic heterocycles. The number of rotatable bonds is 3. The lowest BCUT2D eigenvalue weighted by Gasteiger charge is -2.49. The van der Waals surface area contributed by atoms with Gasteiger partial charge in [-0.2, -0.15) is 4.89 Å². The first kappa shape index (κ1) is 15.5. The summed E-state index contributed by atoms with van der Waals surface area (Å²) < 4.78 is 12.0. The predicted octanol–water partition coefficient (Wildman–Crippen LogP) is 3.01. The smallest absolute Gasteiger partial charge is 0.230 e. The van der Waals surface area contributed by atoms with E-state index in [4.69, 9.17) is 19.2 Å². The highest BCUT2D eigenvalue weighted by Gasteiger charge is 2.61. The van der Waals surface area contributed by atoms with E-state index in [2.05, 4.69) is 0 Å². The first-order valence-corrected chi connectivity index (χ1v) is 8.50. The maximum absolute atomic E-state index is 9.23. The summed E-state index contributed by atoms with van der Waals surface area (Å²) in [6, 6.07) is 7.66. The fourth-order valence-corrected chi connectivity index (χ4v) is 4.36. The van der Waals surface area contributed by atoms with Gasteiger partial charge in [0.2, 0.25) is 5.79 Å². The molecule has 1 spiro atoms. The highest BCUT2D eigenvalue weighted by Crippen LogP contribution is 2.55. The van der Waals surface area contributed by atoms with E-state index in [1.807, 2.05) is 24.3 Å². The minimum absolute atomic E-state index is 0.0252.